The van der Waals surface area contributed by atoms with Gasteiger partial charge in [-0.3, -0.25) is 4.79 Å². The summed E-state index contributed by atoms with van der Waals surface area (Å²) in [5.74, 6) is 0.544. The van der Waals surface area contributed by atoms with Crippen LogP contribution in [-0.2, 0) is 16.1 Å². The molecule has 0 saturated carbocycles. The predicted molar refractivity (Wildman–Crippen MR) is 207 cm³/mol. The zero-order chi connectivity index (χ0) is 34.6. The van der Waals surface area contributed by atoms with Crippen LogP contribution >= 0.6 is 0 Å². The Labute approximate surface area is 300 Å². The van der Waals surface area contributed by atoms with Gasteiger partial charge in [0.25, 0.3) is 0 Å². The van der Waals surface area contributed by atoms with E-state index in [1.54, 1.807) is 0 Å². The fraction of sp³-hybridized carbons (Fsp3) is 0.644. The summed E-state index contributed by atoms with van der Waals surface area (Å²) in [6.07, 6.45) is 34.6. The Kier molecular flexibility index (Phi) is 22.3. The van der Waals surface area contributed by atoms with E-state index in [0.717, 1.165) is 54.5 Å². The maximum atomic E-state index is 12.8. The van der Waals surface area contributed by atoms with E-state index in [1.807, 2.05) is 6.92 Å². The van der Waals surface area contributed by atoms with Gasteiger partial charge in [-0.25, -0.2) is 4.57 Å². The van der Waals surface area contributed by atoms with Gasteiger partial charge in [0.1, 0.15) is 12.3 Å². The van der Waals surface area contributed by atoms with Gasteiger partial charge in [0.2, 0.25) is 0 Å². The van der Waals surface area contributed by atoms with Crippen molar-refractivity contribution >= 4 is 16.7 Å². The number of hydrogen-bond acceptors (Lipinski definition) is 3. The second kappa shape index (κ2) is 26.9. The number of carbonyl (C=O) groups is 1. The number of aryl methyl sites for hydroxylation is 1. The summed E-state index contributed by atoms with van der Waals surface area (Å²) in [4.78, 5) is 12.8. The summed E-state index contributed by atoms with van der Waals surface area (Å²) in [7, 11) is 0. The van der Waals surface area contributed by atoms with E-state index < -0.39 is 0 Å². The highest BCUT2D eigenvalue weighted by Gasteiger charge is 2.17. The molecular weight excluding hydrogens is 602 g/mol. The smallest absolute Gasteiger partial charge is 0.313 e. The highest BCUT2D eigenvalue weighted by Crippen LogP contribution is 2.26. The lowest BCUT2D eigenvalue weighted by Crippen LogP contribution is -2.32. The molecule has 3 rings (SSSR count). The molecule has 0 aliphatic carbocycles. The third kappa shape index (κ3) is 18.6. The zero-order valence-electron chi connectivity index (χ0n) is 31.5. The highest BCUT2D eigenvalue weighted by atomic mass is 16.5. The van der Waals surface area contributed by atoms with E-state index in [2.05, 4.69) is 78.5 Å². The molecule has 272 valence electrons. The Morgan fingerprint density at radius 3 is 1.65 bits per heavy atom. The Balaban J connectivity index is 1.17. The van der Waals surface area contributed by atoms with Crippen LogP contribution in [0.1, 0.15) is 173 Å². The number of hydrogen-bond donors (Lipinski definition) is 0. The van der Waals surface area contributed by atoms with Crippen LogP contribution in [0.2, 0.25) is 0 Å². The standard InChI is InChI=1S/C45H70NO3/c1-3-4-5-6-7-8-9-10-11-12-15-18-21-27-36-48-44-32-31-42-38-41(29-30-43(42)39-44)40(2)45(47)49-37-28-22-19-16-13-14-17-20-24-33-46-34-25-23-26-35-46/h23,25-26,29-32,34-35,38-40H,3-22,24,27-28,33,36-37H2,1-2H3/q+1/t40-/m0/s1. The molecule has 49 heavy (non-hydrogen) atoms. The summed E-state index contributed by atoms with van der Waals surface area (Å²) in [5, 5.41) is 2.28. The summed E-state index contributed by atoms with van der Waals surface area (Å²) in [6.45, 7) is 6.66. The van der Waals surface area contributed by atoms with Gasteiger partial charge < -0.3 is 9.47 Å². The Hall–Kier alpha value is -2.88. The summed E-state index contributed by atoms with van der Waals surface area (Å²) in [6, 6.07) is 18.8. The second-order valence-electron chi connectivity index (χ2n) is 14.4. The third-order valence-corrected chi connectivity index (χ3v) is 10.0. The Bertz CT molecular complexity index is 1240. The largest absolute Gasteiger partial charge is 0.494 e. The van der Waals surface area contributed by atoms with Crippen molar-refractivity contribution in [1.29, 1.82) is 0 Å². The molecule has 0 spiro atoms. The molecule has 0 bridgehead atoms. The molecule has 0 unspecified atom stereocenters. The SMILES string of the molecule is CCCCCCCCCCCCCCCCOc1ccc2cc([C@H](C)C(=O)OCCCCCCCCCCC[n+]3ccccc3)ccc2c1. The van der Waals surface area contributed by atoms with Crippen molar-refractivity contribution in [3.63, 3.8) is 0 Å². The van der Waals surface area contributed by atoms with E-state index >= 15 is 0 Å². The lowest BCUT2D eigenvalue weighted by molar-refractivity contribution is -0.697. The first-order chi connectivity index (χ1) is 24.2. The number of carbonyl (C=O) groups excluding carboxylic acids is 1. The number of unbranched alkanes of at least 4 members (excludes halogenated alkanes) is 21. The van der Waals surface area contributed by atoms with Crippen molar-refractivity contribution in [2.45, 2.75) is 174 Å². The Morgan fingerprint density at radius 1 is 0.571 bits per heavy atom. The van der Waals surface area contributed by atoms with Crippen LogP contribution in [0.5, 0.6) is 5.75 Å². The second-order valence-corrected chi connectivity index (χ2v) is 14.4. The molecule has 1 heterocycles. The van der Waals surface area contributed by atoms with Gasteiger partial charge >= 0.3 is 5.97 Å². The van der Waals surface area contributed by atoms with Crippen molar-refractivity contribution in [3.05, 3.63) is 72.6 Å². The lowest BCUT2D eigenvalue weighted by atomic mass is 9.98. The lowest BCUT2D eigenvalue weighted by Gasteiger charge is -2.13. The molecule has 0 amide bonds. The van der Waals surface area contributed by atoms with Crippen LogP contribution in [0.4, 0.5) is 0 Å². The molecule has 0 radical (unpaired) electrons. The van der Waals surface area contributed by atoms with Gasteiger partial charge in [-0.1, -0.05) is 159 Å². The minimum atomic E-state index is -0.263. The number of esters is 1. The molecule has 0 fully saturated rings. The monoisotopic (exact) mass is 673 g/mol. The van der Waals surface area contributed by atoms with Gasteiger partial charge in [0.05, 0.1) is 19.1 Å². The molecule has 4 nitrogen and oxygen atoms in total. The van der Waals surface area contributed by atoms with E-state index in [1.165, 1.54) is 128 Å². The van der Waals surface area contributed by atoms with Crippen LogP contribution in [0.3, 0.4) is 0 Å². The van der Waals surface area contributed by atoms with E-state index in [4.69, 9.17) is 9.47 Å². The van der Waals surface area contributed by atoms with Crippen molar-refractivity contribution in [2.24, 2.45) is 0 Å². The van der Waals surface area contributed by atoms with Gasteiger partial charge in [-0.2, -0.15) is 0 Å². The number of fused-ring (bicyclic) bond motifs is 1. The van der Waals surface area contributed by atoms with Gasteiger partial charge in [0.15, 0.2) is 12.4 Å². The van der Waals surface area contributed by atoms with Gasteiger partial charge in [0, 0.05) is 18.6 Å². The molecule has 3 aromatic rings. The molecule has 2 aromatic carbocycles. The summed E-state index contributed by atoms with van der Waals surface area (Å²) < 4.78 is 14.0. The minimum absolute atomic E-state index is 0.124. The van der Waals surface area contributed by atoms with Crippen LogP contribution < -0.4 is 9.30 Å². The van der Waals surface area contributed by atoms with E-state index in [-0.39, 0.29) is 11.9 Å². The van der Waals surface area contributed by atoms with Gasteiger partial charge in [-0.15, -0.1) is 0 Å². The first-order valence-electron chi connectivity index (χ1n) is 20.4. The summed E-state index contributed by atoms with van der Waals surface area (Å²) in [5.41, 5.74) is 1.01. The first kappa shape index (κ1) is 40.5. The highest BCUT2D eigenvalue weighted by molar-refractivity contribution is 5.86. The molecule has 4 heteroatoms. The van der Waals surface area contributed by atoms with Crippen molar-refractivity contribution < 1.29 is 18.8 Å². The van der Waals surface area contributed by atoms with E-state index in [9.17, 15) is 4.79 Å². The van der Waals surface area contributed by atoms with Crippen molar-refractivity contribution in [3.8, 4) is 5.75 Å². The third-order valence-electron chi connectivity index (χ3n) is 10.0. The number of nitrogens with zero attached hydrogens (tertiary/aromatic N) is 1. The number of ether oxygens (including phenoxy) is 2. The van der Waals surface area contributed by atoms with Crippen LogP contribution in [0, 0.1) is 0 Å². The van der Waals surface area contributed by atoms with Crippen molar-refractivity contribution in [1.82, 2.24) is 0 Å². The quantitative estimate of drug-likeness (QED) is 0.0402. The molecule has 1 atom stereocenters. The van der Waals surface area contributed by atoms with Gasteiger partial charge in [-0.05, 0) is 54.7 Å². The zero-order valence-corrected chi connectivity index (χ0v) is 31.5. The molecule has 0 N–H and O–H groups in total. The molecule has 1 aromatic heterocycles. The number of rotatable bonds is 30. The van der Waals surface area contributed by atoms with Crippen molar-refractivity contribution in [2.75, 3.05) is 13.2 Å². The minimum Gasteiger partial charge on any atom is -0.494 e. The number of pyridine rings is 1. The maximum absolute atomic E-state index is 12.8. The fourth-order valence-corrected chi connectivity index (χ4v) is 6.74. The van der Waals surface area contributed by atoms with Crippen LogP contribution in [0.25, 0.3) is 10.8 Å². The number of aromatic nitrogens is 1. The van der Waals surface area contributed by atoms with Crippen LogP contribution in [0.15, 0.2) is 67.0 Å². The normalized spacial score (nSPS) is 12.0. The predicted octanol–water partition coefficient (Wildman–Crippen LogP) is 12.8. The molecule has 0 aliphatic rings. The number of benzene rings is 2. The molecular formula is C45H70NO3+. The molecule has 0 saturated heterocycles. The fourth-order valence-electron chi connectivity index (χ4n) is 6.74. The maximum Gasteiger partial charge on any atom is 0.313 e. The Morgan fingerprint density at radius 2 is 1.06 bits per heavy atom. The first-order valence-corrected chi connectivity index (χ1v) is 20.4. The average Bonchev–Trinajstić information content (AvgIpc) is 3.13. The van der Waals surface area contributed by atoms with Crippen LogP contribution in [-0.4, -0.2) is 19.2 Å². The average molecular weight is 673 g/mol. The molecule has 0 aliphatic heterocycles. The van der Waals surface area contributed by atoms with E-state index in [0.29, 0.717) is 6.61 Å². The topological polar surface area (TPSA) is 39.4 Å². The summed E-state index contributed by atoms with van der Waals surface area (Å²) >= 11 is 0.